The summed E-state index contributed by atoms with van der Waals surface area (Å²) in [6, 6.07) is 7.40. The van der Waals surface area contributed by atoms with Gasteiger partial charge in [0.15, 0.2) is 11.5 Å². The SMILES string of the molecule is C[C@@H]1[C@H](NC(=O)c2ccc(C3(CO)CC3)cc2)CCCN1c1cnc(C(N)=O)c(Nc2cnn(C)c2)n1. The molecule has 3 aromatic rings. The Balaban J connectivity index is 1.31. The number of carbonyl (C=O) groups is 2. The molecular formula is C26H32N8O3. The Hall–Kier alpha value is -3.99. The number of hydrogen-bond acceptors (Lipinski definition) is 8. The fourth-order valence-corrected chi connectivity index (χ4v) is 4.98. The van der Waals surface area contributed by atoms with E-state index in [1.54, 1.807) is 30.3 Å². The lowest BCUT2D eigenvalue weighted by Gasteiger charge is -2.40. The first-order valence-electron chi connectivity index (χ1n) is 12.5. The molecule has 0 bridgehead atoms. The van der Waals surface area contributed by atoms with Gasteiger partial charge in [0.2, 0.25) is 0 Å². The van der Waals surface area contributed by atoms with Gasteiger partial charge in [-0.05, 0) is 50.3 Å². The number of nitrogens with zero attached hydrogens (tertiary/aromatic N) is 5. The predicted molar refractivity (Wildman–Crippen MR) is 139 cm³/mol. The maximum Gasteiger partial charge on any atom is 0.271 e. The molecule has 3 heterocycles. The summed E-state index contributed by atoms with van der Waals surface area (Å²) in [7, 11) is 1.79. The predicted octanol–water partition coefficient (Wildman–Crippen LogP) is 1.86. The van der Waals surface area contributed by atoms with Crippen LogP contribution >= 0.6 is 0 Å². The van der Waals surface area contributed by atoms with Crippen LogP contribution in [-0.4, -0.2) is 61.9 Å². The molecule has 5 N–H and O–H groups in total. The van der Waals surface area contributed by atoms with Crippen molar-refractivity contribution in [2.75, 3.05) is 23.4 Å². The van der Waals surface area contributed by atoms with Crippen molar-refractivity contribution in [3.05, 3.63) is 59.7 Å². The minimum Gasteiger partial charge on any atom is -0.395 e. The van der Waals surface area contributed by atoms with Gasteiger partial charge in [-0.15, -0.1) is 0 Å². The van der Waals surface area contributed by atoms with Crippen molar-refractivity contribution in [1.29, 1.82) is 0 Å². The lowest BCUT2D eigenvalue weighted by atomic mass is 9.95. The summed E-state index contributed by atoms with van der Waals surface area (Å²) in [6.45, 7) is 2.92. The Morgan fingerprint density at radius 1 is 1.22 bits per heavy atom. The largest absolute Gasteiger partial charge is 0.395 e. The van der Waals surface area contributed by atoms with Gasteiger partial charge >= 0.3 is 0 Å². The highest BCUT2D eigenvalue weighted by molar-refractivity contribution is 5.96. The van der Waals surface area contributed by atoms with E-state index in [2.05, 4.69) is 30.6 Å². The summed E-state index contributed by atoms with van der Waals surface area (Å²) < 4.78 is 1.63. The topological polar surface area (TPSA) is 151 Å². The van der Waals surface area contributed by atoms with Crippen LogP contribution in [0.4, 0.5) is 17.3 Å². The number of hydrogen-bond donors (Lipinski definition) is 4. The summed E-state index contributed by atoms with van der Waals surface area (Å²) in [5.74, 6) is 0.0340. The highest BCUT2D eigenvalue weighted by Gasteiger charge is 2.43. The van der Waals surface area contributed by atoms with Crippen LogP contribution in [0.3, 0.4) is 0 Å². The van der Waals surface area contributed by atoms with Crippen LogP contribution in [0.15, 0.2) is 42.9 Å². The first kappa shape index (κ1) is 24.7. The second-order valence-corrected chi connectivity index (χ2v) is 9.99. The van der Waals surface area contributed by atoms with Crippen molar-refractivity contribution < 1.29 is 14.7 Å². The second kappa shape index (κ2) is 9.81. The Morgan fingerprint density at radius 2 is 1.97 bits per heavy atom. The summed E-state index contributed by atoms with van der Waals surface area (Å²) in [5, 5.41) is 20.1. The van der Waals surface area contributed by atoms with E-state index >= 15 is 0 Å². The molecule has 2 fully saturated rings. The monoisotopic (exact) mass is 504 g/mol. The first-order chi connectivity index (χ1) is 17.8. The van der Waals surface area contributed by atoms with E-state index in [-0.39, 0.29) is 41.5 Å². The van der Waals surface area contributed by atoms with E-state index in [1.165, 1.54) is 0 Å². The molecule has 2 amide bonds. The van der Waals surface area contributed by atoms with Gasteiger partial charge in [-0.1, -0.05) is 12.1 Å². The van der Waals surface area contributed by atoms with Crippen molar-refractivity contribution in [2.45, 2.75) is 50.1 Å². The third-order valence-electron chi connectivity index (χ3n) is 7.48. The molecule has 2 aromatic heterocycles. The van der Waals surface area contributed by atoms with Crippen LogP contribution < -0.4 is 21.3 Å². The highest BCUT2D eigenvalue weighted by Crippen LogP contribution is 2.47. The quantitative estimate of drug-likeness (QED) is 0.363. The number of rotatable bonds is 8. The highest BCUT2D eigenvalue weighted by atomic mass is 16.3. The minimum absolute atomic E-state index is 0.0414. The van der Waals surface area contributed by atoms with Gasteiger partial charge in [-0.25, -0.2) is 9.97 Å². The normalized spacial score (nSPS) is 20.4. The maximum absolute atomic E-state index is 13.1. The van der Waals surface area contributed by atoms with Crippen LogP contribution in [0.1, 0.15) is 59.0 Å². The van der Waals surface area contributed by atoms with Crippen LogP contribution in [-0.2, 0) is 12.5 Å². The molecule has 0 unspecified atom stereocenters. The molecular weight excluding hydrogens is 472 g/mol. The van der Waals surface area contributed by atoms with Gasteiger partial charge in [0, 0.05) is 42.9 Å². The smallest absolute Gasteiger partial charge is 0.271 e. The molecule has 11 nitrogen and oxygen atoms in total. The van der Waals surface area contributed by atoms with Crippen molar-refractivity contribution in [1.82, 2.24) is 25.1 Å². The number of amides is 2. The van der Waals surface area contributed by atoms with Gasteiger partial charge in [0.25, 0.3) is 11.8 Å². The molecule has 2 atom stereocenters. The van der Waals surface area contributed by atoms with E-state index in [9.17, 15) is 14.7 Å². The Morgan fingerprint density at radius 3 is 2.59 bits per heavy atom. The van der Waals surface area contributed by atoms with Crippen LogP contribution in [0.5, 0.6) is 0 Å². The second-order valence-electron chi connectivity index (χ2n) is 9.99. The number of aromatic nitrogens is 4. The molecule has 1 aliphatic carbocycles. The zero-order chi connectivity index (χ0) is 26.2. The summed E-state index contributed by atoms with van der Waals surface area (Å²) >= 11 is 0. The number of nitrogens with two attached hydrogens (primary N) is 1. The summed E-state index contributed by atoms with van der Waals surface area (Å²) in [5.41, 5.74) is 7.78. The third kappa shape index (κ3) is 4.99. The molecule has 0 spiro atoms. The Bertz CT molecular complexity index is 1300. The zero-order valence-corrected chi connectivity index (χ0v) is 21.0. The van der Waals surface area contributed by atoms with Crippen molar-refractivity contribution >= 4 is 29.1 Å². The summed E-state index contributed by atoms with van der Waals surface area (Å²) in [6.07, 6.45) is 8.58. The number of aliphatic hydroxyl groups excluding tert-OH is 1. The number of benzene rings is 1. The number of aliphatic hydroxyl groups is 1. The maximum atomic E-state index is 13.1. The molecule has 37 heavy (non-hydrogen) atoms. The van der Waals surface area contributed by atoms with E-state index in [4.69, 9.17) is 5.73 Å². The molecule has 1 saturated heterocycles. The molecule has 2 aliphatic rings. The summed E-state index contributed by atoms with van der Waals surface area (Å²) in [4.78, 5) is 36.1. The number of nitrogens with one attached hydrogen (secondary N) is 2. The number of piperidine rings is 1. The van der Waals surface area contributed by atoms with Crippen molar-refractivity contribution in [2.24, 2.45) is 12.8 Å². The van der Waals surface area contributed by atoms with Gasteiger partial charge in [0.1, 0.15) is 5.82 Å². The number of carbonyl (C=O) groups excluding carboxylic acids is 2. The Kier molecular flexibility index (Phi) is 6.55. The number of anilines is 3. The zero-order valence-electron chi connectivity index (χ0n) is 21.0. The van der Waals surface area contributed by atoms with E-state index < -0.39 is 5.91 Å². The standard InChI is InChI=1S/C26H32N8O3/c1-16-20(31-25(37)17-5-7-18(8-6-17)26(15-35)9-10-26)4-3-11-34(16)21-13-28-22(23(27)36)24(32-21)30-19-12-29-33(2)14-19/h5-8,12-14,16,20,35H,3-4,9-11,15H2,1-2H3,(H2,27,36)(H,30,32)(H,31,37)/t16-,20-/m1/s1. The molecule has 11 heteroatoms. The van der Waals surface area contributed by atoms with Crippen LogP contribution in [0.2, 0.25) is 0 Å². The van der Waals surface area contributed by atoms with E-state index in [0.717, 1.165) is 37.8 Å². The van der Waals surface area contributed by atoms with Gasteiger partial charge in [-0.3, -0.25) is 14.3 Å². The van der Waals surface area contributed by atoms with Crippen LogP contribution in [0, 0.1) is 0 Å². The van der Waals surface area contributed by atoms with E-state index in [0.29, 0.717) is 17.1 Å². The fraction of sp³-hybridized carbons (Fsp3) is 0.423. The Labute approximate surface area is 215 Å². The number of aryl methyl sites for hydroxylation is 1. The average Bonchev–Trinajstić information content (AvgIpc) is 3.60. The van der Waals surface area contributed by atoms with Crippen molar-refractivity contribution in [3.8, 4) is 0 Å². The average molecular weight is 505 g/mol. The van der Waals surface area contributed by atoms with Crippen molar-refractivity contribution in [3.63, 3.8) is 0 Å². The molecule has 1 saturated carbocycles. The lowest BCUT2D eigenvalue weighted by molar-refractivity contribution is 0.0923. The molecule has 1 aromatic carbocycles. The minimum atomic E-state index is -0.681. The first-order valence-corrected chi connectivity index (χ1v) is 12.5. The molecule has 194 valence electrons. The number of primary amides is 1. The molecule has 1 aliphatic heterocycles. The fourth-order valence-electron chi connectivity index (χ4n) is 4.98. The van der Waals surface area contributed by atoms with Gasteiger partial charge < -0.3 is 26.4 Å². The molecule has 5 rings (SSSR count). The van der Waals surface area contributed by atoms with Gasteiger partial charge in [-0.2, -0.15) is 5.10 Å². The third-order valence-corrected chi connectivity index (χ3v) is 7.48. The van der Waals surface area contributed by atoms with E-state index in [1.807, 2.05) is 31.2 Å². The molecule has 0 radical (unpaired) electrons. The van der Waals surface area contributed by atoms with Crippen LogP contribution in [0.25, 0.3) is 0 Å². The lowest BCUT2D eigenvalue weighted by Crippen LogP contribution is -2.54. The van der Waals surface area contributed by atoms with Gasteiger partial charge in [0.05, 0.1) is 24.7 Å².